The normalized spacial score (nSPS) is 33.5. The molecule has 1 rings (SSSR count). The smallest absolute Gasteiger partial charge is 0.255 e. The molecular formula is C9H17F2N. The highest BCUT2D eigenvalue weighted by Crippen LogP contribution is 2.64. The second kappa shape index (κ2) is 2.41. The van der Waals surface area contributed by atoms with Gasteiger partial charge in [-0.05, 0) is 11.8 Å². The van der Waals surface area contributed by atoms with E-state index in [4.69, 9.17) is 5.73 Å². The largest absolute Gasteiger partial charge is 0.330 e. The molecule has 0 bridgehead atoms. The van der Waals surface area contributed by atoms with Gasteiger partial charge in [-0.2, -0.15) is 0 Å². The first-order valence-corrected chi connectivity index (χ1v) is 4.30. The van der Waals surface area contributed by atoms with Crippen LogP contribution in [0.3, 0.4) is 0 Å². The van der Waals surface area contributed by atoms with E-state index in [-0.39, 0.29) is 18.4 Å². The highest BCUT2D eigenvalue weighted by Gasteiger charge is 2.70. The maximum Gasteiger partial charge on any atom is 0.255 e. The van der Waals surface area contributed by atoms with Gasteiger partial charge in [-0.15, -0.1) is 0 Å². The van der Waals surface area contributed by atoms with Gasteiger partial charge in [0.25, 0.3) is 5.92 Å². The molecule has 1 saturated carbocycles. The summed E-state index contributed by atoms with van der Waals surface area (Å²) in [4.78, 5) is 0. The van der Waals surface area contributed by atoms with Gasteiger partial charge in [0.15, 0.2) is 0 Å². The summed E-state index contributed by atoms with van der Waals surface area (Å²) >= 11 is 0. The Morgan fingerprint density at radius 1 is 1.33 bits per heavy atom. The molecule has 1 aliphatic carbocycles. The second-order valence-corrected chi connectivity index (χ2v) is 5.10. The van der Waals surface area contributed by atoms with Crippen LogP contribution in [0.4, 0.5) is 8.78 Å². The van der Waals surface area contributed by atoms with E-state index in [9.17, 15) is 8.78 Å². The van der Waals surface area contributed by atoms with E-state index >= 15 is 0 Å². The second-order valence-electron chi connectivity index (χ2n) is 5.10. The molecule has 12 heavy (non-hydrogen) atoms. The Hall–Kier alpha value is -0.180. The van der Waals surface area contributed by atoms with Gasteiger partial charge in [0.1, 0.15) is 0 Å². The first-order chi connectivity index (χ1) is 5.22. The zero-order valence-electron chi connectivity index (χ0n) is 7.95. The van der Waals surface area contributed by atoms with Crippen LogP contribution in [0.5, 0.6) is 0 Å². The fraction of sp³-hybridized carbons (Fsp3) is 1.00. The molecule has 1 nitrogen and oxygen atoms in total. The summed E-state index contributed by atoms with van der Waals surface area (Å²) in [6.45, 7) is 6.02. The Kier molecular flexibility index (Phi) is 1.99. The number of hydrogen-bond acceptors (Lipinski definition) is 1. The average Bonchev–Trinajstić information content (AvgIpc) is 2.30. The molecule has 3 heteroatoms. The minimum Gasteiger partial charge on any atom is -0.330 e. The van der Waals surface area contributed by atoms with Crippen LogP contribution < -0.4 is 5.73 Å². The van der Waals surface area contributed by atoms with Crippen LogP contribution in [-0.4, -0.2) is 12.5 Å². The van der Waals surface area contributed by atoms with Crippen LogP contribution in [-0.2, 0) is 0 Å². The van der Waals surface area contributed by atoms with Gasteiger partial charge in [0, 0.05) is 13.0 Å². The van der Waals surface area contributed by atoms with Gasteiger partial charge in [0.05, 0.1) is 5.41 Å². The third kappa shape index (κ3) is 1.60. The summed E-state index contributed by atoms with van der Waals surface area (Å²) in [5.41, 5.74) is 4.43. The monoisotopic (exact) mass is 177 g/mol. The third-order valence-electron chi connectivity index (χ3n) is 2.47. The molecule has 0 amide bonds. The van der Waals surface area contributed by atoms with Crippen molar-refractivity contribution in [1.29, 1.82) is 0 Å². The lowest BCUT2D eigenvalue weighted by Crippen LogP contribution is -2.27. The fourth-order valence-electron chi connectivity index (χ4n) is 1.88. The summed E-state index contributed by atoms with van der Waals surface area (Å²) in [6.07, 6.45) is 0.497. The van der Waals surface area contributed by atoms with E-state index in [2.05, 4.69) is 0 Å². The van der Waals surface area contributed by atoms with Gasteiger partial charge in [-0.1, -0.05) is 20.8 Å². The van der Waals surface area contributed by atoms with E-state index in [1.54, 1.807) is 0 Å². The molecule has 0 radical (unpaired) electrons. The molecule has 1 unspecified atom stereocenters. The number of alkyl halides is 2. The van der Waals surface area contributed by atoms with E-state index in [1.807, 2.05) is 20.8 Å². The molecule has 0 heterocycles. The summed E-state index contributed by atoms with van der Waals surface area (Å²) in [6, 6.07) is 0. The molecule has 1 fully saturated rings. The van der Waals surface area contributed by atoms with Crippen molar-refractivity contribution >= 4 is 0 Å². The van der Waals surface area contributed by atoms with Crippen LogP contribution in [0.2, 0.25) is 0 Å². The molecule has 1 aliphatic rings. The quantitative estimate of drug-likeness (QED) is 0.688. The number of nitrogens with two attached hydrogens (primary N) is 1. The van der Waals surface area contributed by atoms with E-state index in [0.717, 1.165) is 0 Å². The topological polar surface area (TPSA) is 26.0 Å². The Morgan fingerprint density at radius 3 is 1.83 bits per heavy atom. The lowest BCUT2D eigenvalue weighted by Gasteiger charge is -2.24. The van der Waals surface area contributed by atoms with E-state index in [0.29, 0.717) is 6.42 Å². The van der Waals surface area contributed by atoms with Crippen LogP contribution >= 0.6 is 0 Å². The number of hydrogen-bond donors (Lipinski definition) is 1. The highest BCUT2D eigenvalue weighted by atomic mass is 19.3. The predicted molar refractivity (Wildman–Crippen MR) is 45.1 cm³/mol. The van der Waals surface area contributed by atoms with Crippen LogP contribution in [0.25, 0.3) is 0 Å². The average molecular weight is 177 g/mol. The molecule has 0 aromatic carbocycles. The third-order valence-corrected chi connectivity index (χ3v) is 2.47. The first-order valence-electron chi connectivity index (χ1n) is 4.30. The Morgan fingerprint density at radius 2 is 1.75 bits per heavy atom. The maximum absolute atomic E-state index is 12.9. The minimum absolute atomic E-state index is 0.0201. The van der Waals surface area contributed by atoms with Crippen molar-refractivity contribution in [1.82, 2.24) is 0 Å². The number of rotatable bonds is 2. The minimum atomic E-state index is -2.50. The van der Waals surface area contributed by atoms with Crippen molar-refractivity contribution in [2.24, 2.45) is 16.6 Å². The van der Waals surface area contributed by atoms with Crippen molar-refractivity contribution < 1.29 is 8.78 Å². The molecule has 0 aromatic heterocycles. The Balaban J connectivity index is 2.62. The van der Waals surface area contributed by atoms with Gasteiger partial charge in [-0.25, -0.2) is 8.78 Å². The standard InChI is InChI=1S/C9H17F2N/c1-7(2,3)4-8(6-12)5-9(8,10)11/h4-6,12H2,1-3H3. The molecule has 0 aromatic rings. The zero-order chi connectivity index (χ0) is 9.62. The maximum atomic E-state index is 12.9. The van der Waals surface area contributed by atoms with Crippen molar-refractivity contribution in [3.8, 4) is 0 Å². The molecule has 0 saturated heterocycles. The van der Waals surface area contributed by atoms with Crippen LogP contribution in [0.1, 0.15) is 33.6 Å². The van der Waals surface area contributed by atoms with Gasteiger partial charge in [0.2, 0.25) is 0 Å². The molecule has 72 valence electrons. The highest BCUT2D eigenvalue weighted by molar-refractivity contribution is 5.11. The zero-order valence-corrected chi connectivity index (χ0v) is 7.95. The van der Waals surface area contributed by atoms with Crippen molar-refractivity contribution in [2.45, 2.75) is 39.5 Å². The lowest BCUT2D eigenvalue weighted by molar-refractivity contribution is 0.0496. The van der Waals surface area contributed by atoms with Crippen LogP contribution in [0.15, 0.2) is 0 Å². The SMILES string of the molecule is CC(C)(C)CC1(CN)CC1(F)F. The van der Waals surface area contributed by atoms with Crippen LogP contribution in [0, 0.1) is 10.8 Å². The molecule has 2 N–H and O–H groups in total. The van der Waals surface area contributed by atoms with Gasteiger partial charge in [-0.3, -0.25) is 0 Å². The lowest BCUT2D eigenvalue weighted by atomic mass is 9.82. The van der Waals surface area contributed by atoms with Gasteiger partial charge >= 0.3 is 0 Å². The fourth-order valence-corrected chi connectivity index (χ4v) is 1.88. The summed E-state index contributed by atoms with van der Waals surface area (Å²) in [5.74, 6) is -2.50. The Bertz CT molecular complexity index is 183. The molecule has 1 atom stereocenters. The van der Waals surface area contributed by atoms with Gasteiger partial charge < -0.3 is 5.73 Å². The summed E-state index contributed by atoms with van der Waals surface area (Å²) in [7, 11) is 0. The number of halogens is 2. The van der Waals surface area contributed by atoms with Crippen molar-refractivity contribution in [3.63, 3.8) is 0 Å². The predicted octanol–water partition coefficient (Wildman–Crippen LogP) is 2.41. The van der Waals surface area contributed by atoms with E-state index in [1.165, 1.54) is 0 Å². The molecular weight excluding hydrogens is 160 g/mol. The first kappa shape index (κ1) is 9.90. The van der Waals surface area contributed by atoms with Crippen molar-refractivity contribution in [3.05, 3.63) is 0 Å². The van der Waals surface area contributed by atoms with E-state index < -0.39 is 11.3 Å². The Labute approximate surface area is 72.3 Å². The summed E-state index contributed by atoms with van der Waals surface area (Å²) < 4.78 is 25.8. The summed E-state index contributed by atoms with van der Waals surface area (Å²) in [5, 5.41) is 0. The molecule has 0 spiro atoms. The molecule has 0 aliphatic heterocycles. The van der Waals surface area contributed by atoms with Crippen molar-refractivity contribution in [2.75, 3.05) is 6.54 Å².